The van der Waals surface area contributed by atoms with Gasteiger partial charge < -0.3 is 9.30 Å². The number of fused-ring (bicyclic) bond motifs is 1. The van der Waals surface area contributed by atoms with Gasteiger partial charge in [-0.15, -0.1) is 0 Å². The number of ether oxygens (including phenoxy) is 1. The van der Waals surface area contributed by atoms with E-state index in [1.54, 1.807) is 0 Å². The molecule has 3 rings (SSSR count). The number of hydrogen-bond donors (Lipinski definition) is 0. The maximum Gasteiger partial charge on any atom is 0.147 e. The van der Waals surface area contributed by atoms with Crippen LogP contribution in [0.15, 0.2) is 54.6 Å². The van der Waals surface area contributed by atoms with Crippen molar-refractivity contribution in [2.75, 3.05) is 0 Å². The molecular weight excluding hydrogens is 260 g/mol. The van der Waals surface area contributed by atoms with Crippen LogP contribution in [0.4, 0.5) is 0 Å². The number of hydrogen-bond acceptors (Lipinski definition) is 2. The highest BCUT2D eigenvalue weighted by atomic mass is 16.5. The van der Waals surface area contributed by atoms with Crippen molar-refractivity contribution < 1.29 is 4.74 Å². The molecule has 1 aromatic heterocycles. The third-order valence-electron chi connectivity index (χ3n) is 3.58. The first-order chi connectivity index (χ1) is 10.4. The standard InChI is InChI=1S/C18H20N2O/c1-2-3-13-20-17-12-8-7-11-16(17)19-18(20)14-21-15-9-5-4-6-10-15/h4-12H,2-3,13-14H2,1H3. The number of aryl methyl sites for hydroxylation is 1. The minimum Gasteiger partial charge on any atom is -0.486 e. The summed E-state index contributed by atoms with van der Waals surface area (Å²) in [5, 5.41) is 0. The number of para-hydroxylation sites is 3. The average molecular weight is 280 g/mol. The molecule has 0 spiro atoms. The molecule has 0 atom stereocenters. The Morgan fingerprint density at radius 2 is 1.76 bits per heavy atom. The van der Waals surface area contributed by atoms with E-state index in [0.717, 1.165) is 30.1 Å². The minimum atomic E-state index is 0.502. The Kier molecular flexibility index (Phi) is 4.20. The Bertz CT molecular complexity index is 704. The van der Waals surface area contributed by atoms with Crippen LogP contribution in [0.2, 0.25) is 0 Å². The summed E-state index contributed by atoms with van der Waals surface area (Å²) >= 11 is 0. The molecule has 21 heavy (non-hydrogen) atoms. The predicted octanol–water partition coefficient (Wildman–Crippen LogP) is 4.42. The molecule has 2 aromatic carbocycles. The van der Waals surface area contributed by atoms with E-state index in [-0.39, 0.29) is 0 Å². The van der Waals surface area contributed by atoms with E-state index in [2.05, 4.69) is 29.7 Å². The van der Waals surface area contributed by atoms with Crippen molar-refractivity contribution in [1.82, 2.24) is 9.55 Å². The molecule has 0 fully saturated rings. The number of aromatic nitrogens is 2. The molecule has 0 aliphatic rings. The summed E-state index contributed by atoms with van der Waals surface area (Å²) < 4.78 is 8.14. The predicted molar refractivity (Wildman–Crippen MR) is 85.4 cm³/mol. The number of unbranched alkanes of at least 4 members (excludes halogenated alkanes) is 1. The van der Waals surface area contributed by atoms with Gasteiger partial charge in [0, 0.05) is 6.54 Å². The summed E-state index contributed by atoms with van der Waals surface area (Å²) in [6.45, 7) is 3.70. The first-order valence-electron chi connectivity index (χ1n) is 7.50. The van der Waals surface area contributed by atoms with Crippen LogP contribution in [-0.2, 0) is 13.2 Å². The van der Waals surface area contributed by atoms with Crippen LogP contribution in [0, 0.1) is 0 Å². The molecule has 3 aromatic rings. The SMILES string of the molecule is CCCCn1c(COc2ccccc2)nc2ccccc21. The van der Waals surface area contributed by atoms with Gasteiger partial charge in [-0.2, -0.15) is 0 Å². The van der Waals surface area contributed by atoms with Crippen LogP contribution in [-0.4, -0.2) is 9.55 Å². The molecule has 0 bridgehead atoms. The lowest BCUT2D eigenvalue weighted by atomic mass is 10.3. The lowest BCUT2D eigenvalue weighted by molar-refractivity contribution is 0.289. The van der Waals surface area contributed by atoms with E-state index in [9.17, 15) is 0 Å². The Morgan fingerprint density at radius 1 is 1.00 bits per heavy atom. The number of nitrogens with zero attached hydrogens (tertiary/aromatic N) is 2. The zero-order valence-corrected chi connectivity index (χ0v) is 12.3. The number of rotatable bonds is 6. The van der Waals surface area contributed by atoms with Crippen LogP contribution in [0.1, 0.15) is 25.6 Å². The second kappa shape index (κ2) is 6.44. The summed E-state index contributed by atoms with van der Waals surface area (Å²) in [6.07, 6.45) is 2.32. The van der Waals surface area contributed by atoms with E-state index in [4.69, 9.17) is 9.72 Å². The molecule has 0 N–H and O–H groups in total. The highest BCUT2D eigenvalue weighted by Gasteiger charge is 2.10. The highest BCUT2D eigenvalue weighted by Crippen LogP contribution is 2.19. The van der Waals surface area contributed by atoms with Gasteiger partial charge in [0.1, 0.15) is 18.2 Å². The molecular formula is C18H20N2O. The van der Waals surface area contributed by atoms with Gasteiger partial charge in [-0.25, -0.2) is 4.98 Å². The van der Waals surface area contributed by atoms with Gasteiger partial charge in [0.15, 0.2) is 0 Å². The molecule has 0 saturated heterocycles. The zero-order valence-electron chi connectivity index (χ0n) is 12.3. The normalized spacial score (nSPS) is 10.9. The third kappa shape index (κ3) is 3.07. The fourth-order valence-corrected chi connectivity index (χ4v) is 2.47. The Morgan fingerprint density at radius 3 is 2.57 bits per heavy atom. The second-order valence-corrected chi connectivity index (χ2v) is 5.12. The topological polar surface area (TPSA) is 27.1 Å². The fourth-order valence-electron chi connectivity index (χ4n) is 2.47. The average Bonchev–Trinajstić information content (AvgIpc) is 2.89. The Balaban J connectivity index is 1.86. The number of benzene rings is 2. The van der Waals surface area contributed by atoms with E-state index < -0.39 is 0 Å². The second-order valence-electron chi connectivity index (χ2n) is 5.12. The van der Waals surface area contributed by atoms with Gasteiger partial charge >= 0.3 is 0 Å². The molecule has 0 amide bonds. The van der Waals surface area contributed by atoms with E-state index in [1.165, 1.54) is 11.9 Å². The molecule has 0 unspecified atom stereocenters. The van der Waals surface area contributed by atoms with Gasteiger partial charge in [-0.3, -0.25) is 0 Å². The van der Waals surface area contributed by atoms with Crippen LogP contribution in [0.5, 0.6) is 5.75 Å². The molecule has 1 heterocycles. The summed E-state index contributed by atoms with van der Waals surface area (Å²) in [7, 11) is 0. The smallest absolute Gasteiger partial charge is 0.147 e. The lowest BCUT2D eigenvalue weighted by Gasteiger charge is -2.10. The van der Waals surface area contributed by atoms with Crippen molar-refractivity contribution in [3.05, 3.63) is 60.4 Å². The lowest BCUT2D eigenvalue weighted by Crippen LogP contribution is -2.07. The number of imidazole rings is 1. The summed E-state index contributed by atoms with van der Waals surface area (Å²) in [5.74, 6) is 1.88. The zero-order chi connectivity index (χ0) is 14.5. The van der Waals surface area contributed by atoms with Crippen molar-refractivity contribution in [3.63, 3.8) is 0 Å². The van der Waals surface area contributed by atoms with Gasteiger partial charge in [0.2, 0.25) is 0 Å². The molecule has 0 saturated carbocycles. The quantitative estimate of drug-likeness (QED) is 0.668. The van der Waals surface area contributed by atoms with E-state index in [1.807, 2.05) is 36.4 Å². The third-order valence-corrected chi connectivity index (χ3v) is 3.58. The molecule has 108 valence electrons. The first-order valence-corrected chi connectivity index (χ1v) is 7.50. The van der Waals surface area contributed by atoms with Crippen molar-refractivity contribution in [2.45, 2.75) is 32.9 Å². The summed E-state index contributed by atoms with van der Waals surface area (Å²) in [6, 6.07) is 18.2. The molecule has 0 radical (unpaired) electrons. The van der Waals surface area contributed by atoms with Gasteiger partial charge in [-0.05, 0) is 30.7 Å². The summed E-state index contributed by atoms with van der Waals surface area (Å²) in [4.78, 5) is 4.72. The largest absolute Gasteiger partial charge is 0.486 e. The molecule has 3 nitrogen and oxygen atoms in total. The fraction of sp³-hybridized carbons (Fsp3) is 0.278. The van der Waals surface area contributed by atoms with Gasteiger partial charge in [0.05, 0.1) is 11.0 Å². The van der Waals surface area contributed by atoms with Crippen molar-refractivity contribution in [1.29, 1.82) is 0 Å². The molecule has 0 aliphatic carbocycles. The van der Waals surface area contributed by atoms with Crippen LogP contribution >= 0.6 is 0 Å². The van der Waals surface area contributed by atoms with Crippen LogP contribution < -0.4 is 4.74 Å². The minimum absolute atomic E-state index is 0.502. The maximum atomic E-state index is 5.86. The first kappa shape index (κ1) is 13.7. The van der Waals surface area contributed by atoms with E-state index in [0.29, 0.717) is 6.61 Å². The van der Waals surface area contributed by atoms with Gasteiger partial charge in [-0.1, -0.05) is 43.7 Å². The Hall–Kier alpha value is -2.29. The van der Waals surface area contributed by atoms with Gasteiger partial charge in [0.25, 0.3) is 0 Å². The summed E-state index contributed by atoms with van der Waals surface area (Å²) in [5.41, 5.74) is 2.23. The van der Waals surface area contributed by atoms with E-state index >= 15 is 0 Å². The molecule has 0 aliphatic heterocycles. The highest BCUT2D eigenvalue weighted by molar-refractivity contribution is 5.75. The maximum absolute atomic E-state index is 5.86. The monoisotopic (exact) mass is 280 g/mol. The van der Waals surface area contributed by atoms with Crippen molar-refractivity contribution in [3.8, 4) is 5.75 Å². The Labute approximate surface area is 125 Å². The van der Waals surface area contributed by atoms with Crippen LogP contribution in [0.25, 0.3) is 11.0 Å². The van der Waals surface area contributed by atoms with Crippen LogP contribution in [0.3, 0.4) is 0 Å². The van der Waals surface area contributed by atoms with Crippen molar-refractivity contribution in [2.24, 2.45) is 0 Å². The van der Waals surface area contributed by atoms with Crippen molar-refractivity contribution >= 4 is 11.0 Å². The molecule has 3 heteroatoms.